The van der Waals surface area contributed by atoms with Gasteiger partial charge in [-0.2, -0.15) is 0 Å². The molecule has 0 saturated carbocycles. The average Bonchev–Trinajstić information content (AvgIpc) is 2.90. The highest BCUT2D eigenvalue weighted by Gasteiger charge is 2.22. The van der Waals surface area contributed by atoms with Gasteiger partial charge in [0.15, 0.2) is 0 Å². The summed E-state index contributed by atoms with van der Waals surface area (Å²) in [5.41, 5.74) is 1.42. The van der Waals surface area contributed by atoms with Crippen LogP contribution in [0.1, 0.15) is 29.6 Å². The molecule has 1 aliphatic heterocycles. The highest BCUT2D eigenvalue weighted by molar-refractivity contribution is 5.99. The number of nitrogens with one attached hydrogen (secondary N) is 2. The average molecular weight is 312 g/mol. The van der Waals surface area contributed by atoms with Gasteiger partial charge in [0.1, 0.15) is 0 Å². The van der Waals surface area contributed by atoms with Crippen molar-refractivity contribution in [1.82, 2.24) is 10.6 Å². The molecule has 0 aromatic heterocycles. The maximum Gasteiger partial charge on any atom is 0.251 e. The maximum absolute atomic E-state index is 12.0. The first kappa shape index (κ1) is 17.5. The van der Waals surface area contributed by atoms with E-state index in [1.165, 1.54) is 0 Å². The Labute approximate surface area is 131 Å². The van der Waals surface area contributed by atoms with E-state index >= 15 is 0 Å². The second-order valence-corrected chi connectivity index (χ2v) is 4.91. The molecule has 0 radical (unpaired) electrons. The minimum Gasteiger partial charge on any atom is -0.352 e. The molecule has 1 aromatic rings. The molecule has 21 heavy (non-hydrogen) atoms. The fraction of sp³-hybridized carbons (Fsp3) is 0.467. The summed E-state index contributed by atoms with van der Waals surface area (Å²) < 4.78 is 0. The van der Waals surface area contributed by atoms with Crippen molar-refractivity contribution in [2.75, 3.05) is 31.6 Å². The monoisotopic (exact) mass is 311 g/mol. The number of carbonyl (C=O) groups excluding carboxylic acids is 2. The Hall–Kier alpha value is -1.59. The van der Waals surface area contributed by atoms with Crippen molar-refractivity contribution in [1.29, 1.82) is 0 Å². The molecule has 1 saturated heterocycles. The Balaban J connectivity index is 0.00000220. The number of rotatable bonds is 6. The number of carbonyl (C=O) groups is 2. The quantitative estimate of drug-likeness (QED) is 0.784. The van der Waals surface area contributed by atoms with E-state index in [1.54, 1.807) is 17.0 Å². The molecular formula is C15H22ClN3O2. The van der Waals surface area contributed by atoms with E-state index in [9.17, 15) is 9.59 Å². The zero-order chi connectivity index (χ0) is 14.4. The van der Waals surface area contributed by atoms with Crippen molar-refractivity contribution >= 4 is 29.9 Å². The van der Waals surface area contributed by atoms with Crippen molar-refractivity contribution in [3.8, 4) is 0 Å². The minimum atomic E-state index is -0.0883. The SMILES string of the molecule is CNCCCNC(=O)c1cccc(N2CCCC2=O)c1.Cl. The fourth-order valence-corrected chi connectivity index (χ4v) is 2.31. The van der Waals surface area contributed by atoms with Crippen LogP contribution in [0.3, 0.4) is 0 Å². The molecule has 0 bridgehead atoms. The van der Waals surface area contributed by atoms with Crippen molar-refractivity contribution in [3.05, 3.63) is 29.8 Å². The van der Waals surface area contributed by atoms with Gasteiger partial charge >= 0.3 is 0 Å². The first-order valence-electron chi connectivity index (χ1n) is 7.05. The van der Waals surface area contributed by atoms with Crippen molar-refractivity contribution in [2.24, 2.45) is 0 Å². The first-order chi connectivity index (χ1) is 9.72. The molecular weight excluding hydrogens is 290 g/mol. The Bertz CT molecular complexity index is 494. The summed E-state index contributed by atoms with van der Waals surface area (Å²) in [4.78, 5) is 25.5. The van der Waals surface area contributed by atoms with Crippen molar-refractivity contribution in [2.45, 2.75) is 19.3 Å². The maximum atomic E-state index is 12.0. The molecule has 1 aromatic carbocycles. The summed E-state index contributed by atoms with van der Waals surface area (Å²) in [5.74, 6) is 0.0474. The van der Waals surface area contributed by atoms with E-state index in [-0.39, 0.29) is 24.2 Å². The molecule has 2 N–H and O–H groups in total. The molecule has 0 atom stereocenters. The van der Waals surface area contributed by atoms with Gasteiger partial charge in [-0.3, -0.25) is 9.59 Å². The van der Waals surface area contributed by atoms with E-state index in [0.717, 1.165) is 31.6 Å². The molecule has 5 nitrogen and oxygen atoms in total. The standard InChI is InChI=1S/C15H21N3O2.ClH/c1-16-8-4-9-17-15(20)12-5-2-6-13(11-12)18-10-3-7-14(18)19;/h2,5-6,11,16H,3-4,7-10H2,1H3,(H,17,20);1H. The number of hydrogen-bond acceptors (Lipinski definition) is 3. The van der Waals surface area contributed by atoms with Crippen LogP contribution in [0.4, 0.5) is 5.69 Å². The van der Waals surface area contributed by atoms with Gasteiger partial charge in [-0.1, -0.05) is 6.07 Å². The summed E-state index contributed by atoms with van der Waals surface area (Å²) in [6.07, 6.45) is 2.38. The topological polar surface area (TPSA) is 61.4 Å². The molecule has 0 unspecified atom stereocenters. The Morgan fingerprint density at radius 3 is 2.81 bits per heavy atom. The molecule has 1 heterocycles. The normalized spacial score (nSPS) is 14.0. The Morgan fingerprint density at radius 2 is 2.14 bits per heavy atom. The number of hydrogen-bond donors (Lipinski definition) is 2. The van der Waals surface area contributed by atoms with Gasteiger partial charge in [-0.25, -0.2) is 0 Å². The van der Waals surface area contributed by atoms with Crippen LogP contribution in [0.15, 0.2) is 24.3 Å². The van der Waals surface area contributed by atoms with Gasteiger partial charge in [-0.15, -0.1) is 12.4 Å². The van der Waals surface area contributed by atoms with E-state index in [1.807, 2.05) is 19.2 Å². The second-order valence-electron chi connectivity index (χ2n) is 4.91. The Morgan fingerprint density at radius 1 is 1.33 bits per heavy atom. The lowest BCUT2D eigenvalue weighted by Gasteiger charge is -2.16. The highest BCUT2D eigenvalue weighted by atomic mass is 35.5. The fourth-order valence-electron chi connectivity index (χ4n) is 2.31. The van der Waals surface area contributed by atoms with Gasteiger partial charge < -0.3 is 15.5 Å². The van der Waals surface area contributed by atoms with Crippen LogP contribution in [-0.2, 0) is 4.79 Å². The smallest absolute Gasteiger partial charge is 0.251 e. The number of benzene rings is 1. The Kier molecular flexibility index (Phi) is 7.19. The van der Waals surface area contributed by atoms with E-state index in [4.69, 9.17) is 0 Å². The highest BCUT2D eigenvalue weighted by Crippen LogP contribution is 2.22. The van der Waals surface area contributed by atoms with Gasteiger partial charge in [0.25, 0.3) is 5.91 Å². The van der Waals surface area contributed by atoms with Crippen LogP contribution in [0.5, 0.6) is 0 Å². The van der Waals surface area contributed by atoms with Crippen molar-refractivity contribution < 1.29 is 9.59 Å². The van der Waals surface area contributed by atoms with Crippen LogP contribution >= 0.6 is 12.4 Å². The van der Waals surface area contributed by atoms with Gasteiger partial charge in [0.05, 0.1) is 0 Å². The number of nitrogens with zero attached hydrogens (tertiary/aromatic N) is 1. The van der Waals surface area contributed by atoms with Crippen LogP contribution in [-0.4, -0.2) is 38.5 Å². The summed E-state index contributed by atoms with van der Waals surface area (Å²) in [6.45, 7) is 2.27. The minimum absolute atomic E-state index is 0. The van der Waals surface area contributed by atoms with Gasteiger partial charge in [0.2, 0.25) is 5.91 Å². The zero-order valence-corrected chi connectivity index (χ0v) is 13.0. The van der Waals surface area contributed by atoms with Crippen LogP contribution < -0.4 is 15.5 Å². The molecule has 2 amide bonds. The lowest BCUT2D eigenvalue weighted by atomic mass is 10.1. The summed E-state index contributed by atoms with van der Waals surface area (Å²) in [7, 11) is 1.89. The third-order valence-corrected chi connectivity index (χ3v) is 3.38. The third kappa shape index (κ3) is 4.72. The van der Waals surface area contributed by atoms with Crippen LogP contribution in [0.2, 0.25) is 0 Å². The lowest BCUT2D eigenvalue weighted by molar-refractivity contribution is -0.117. The molecule has 6 heteroatoms. The molecule has 1 fully saturated rings. The third-order valence-electron chi connectivity index (χ3n) is 3.38. The molecule has 2 rings (SSSR count). The largest absolute Gasteiger partial charge is 0.352 e. The van der Waals surface area contributed by atoms with Crippen LogP contribution in [0, 0.1) is 0 Å². The molecule has 0 aliphatic carbocycles. The van der Waals surface area contributed by atoms with Crippen LogP contribution in [0.25, 0.3) is 0 Å². The number of halogens is 1. The predicted octanol–water partition coefficient (Wildman–Crippen LogP) is 1.57. The second kappa shape index (κ2) is 8.64. The van der Waals surface area contributed by atoms with E-state index in [2.05, 4.69) is 10.6 Å². The molecule has 0 spiro atoms. The molecule has 1 aliphatic rings. The summed E-state index contributed by atoms with van der Waals surface area (Å²) in [6, 6.07) is 7.26. The zero-order valence-electron chi connectivity index (χ0n) is 12.2. The van der Waals surface area contributed by atoms with E-state index in [0.29, 0.717) is 18.5 Å². The van der Waals surface area contributed by atoms with E-state index < -0.39 is 0 Å². The van der Waals surface area contributed by atoms with Gasteiger partial charge in [-0.05, 0) is 44.6 Å². The number of anilines is 1. The lowest BCUT2D eigenvalue weighted by Crippen LogP contribution is -2.27. The summed E-state index contributed by atoms with van der Waals surface area (Å²) in [5, 5.41) is 5.92. The predicted molar refractivity (Wildman–Crippen MR) is 86.2 cm³/mol. The first-order valence-corrected chi connectivity index (χ1v) is 7.05. The van der Waals surface area contributed by atoms with Gasteiger partial charge in [0, 0.05) is 30.8 Å². The summed E-state index contributed by atoms with van der Waals surface area (Å²) >= 11 is 0. The molecule has 116 valence electrons. The van der Waals surface area contributed by atoms with Crippen molar-refractivity contribution in [3.63, 3.8) is 0 Å². The number of amides is 2.